The fourth-order valence-electron chi connectivity index (χ4n) is 2.33. The summed E-state index contributed by atoms with van der Waals surface area (Å²) < 4.78 is 27.3. The van der Waals surface area contributed by atoms with E-state index in [4.69, 9.17) is 5.11 Å². The molecule has 0 saturated heterocycles. The van der Waals surface area contributed by atoms with Gasteiger partial charge in [-0.1, -0.05) is 13.3 Å². The predicted molar refractivity (Wildman–Crippen MR) is 82.9 cm³/mol. The molecule has 0 spiro atoms. The fourth-order valence-corrected chi connectivity index (χ4v) is 4.81. The number of carboxylic acids is 1. The number of hydrogen-bond acceptors (Lipinski definition) is 3. The molecule has 0 radical (unpaired) electrons. The molecule has 7 heteroatoms. The molecule has 116 valence electrons. The Hall–Kier alpha value is -0.920. The molecule has 1 aromatic carbocycles. The zero-order valence-electron chi connectivity index (χ0n) is 11.8. The number of halogens is 1. The van der Waals surface area contributed by atoms with Crippen molar-refractivity contribution >= 4 is 31.9 Å². The molecule has 2 rings (SSSR count). The molecule has 1 fully saturated rings. The number of carboxylic acid groups (broad SMARTS) is 1. The van der Waals surface area contributed by atoms with Crippen molar-refractivity contribution in [2.75, 3.05) is 13.1 Å². The number of rotatable bonds is 6. The summed E-state index contributed by atoms with van der Waals surface area (Å²) in [5, 5.41) is 9.03. The maximum absolute atomic E-state index is 12.7. The lowest BCUT2D eigenvalue weighted by atomic mass is 9.85. The van der Waals surface area contributed by atoms with Crippen molar-refractivity contribution in [1.82, 2.24) is 4.31 Å². The van der Waals surface area contributed by atoms with Gasteiger partial charge >= 0.3 is 5.97 Å². The van der Waals surface area contributed by atoms with E-state index in [0.717, 1.165) is 19.3 Å². The molecule has 0 unspecified atom stereocenters. The summed E-state index contributed by atoms with van der Waals surface area (Å²) in [6.45, 7) is 2.68. The summed E-state index contributed by atoms with van der Waals surface area (Å²) in [5.41, 5.74) is -0.0310. The number of sulfonamides is 1. The second kappa shape index (κ2) is 6.46. The number of nitrogens with zero attached hydrogens (tertiary/aromatic N) is 1. The van der Waals surface area contributed by atoms with Crippen molar-refractivity contribution in [3.63, 3.8) is 0 Å². The molecule has 1 aromatic rings. The maximum atomic E-state index is 12.7. The van der Waals surface area contributed by atoms with E-state index in [0.29, 0.717) is 23.5 Å². The molecule has 1 aliphatic rings. The normalized spacial score (nSPS) is 16.0. The smallest absolute Gasteiger partial charge is 0.335 e. The topological polar surface area (TPSA) is 74.7 Å². The van der Waals surface area contributed by atoms with Gasteiger partial charge in [-0.25, -0.2) is 13.2 Å². The SMILES string of the molecule is CCN(CC1CCC1)S(=O)(=O)c1cc(C(=O)O)ccc1Br. The van der Waals surface area contributed by atoms with E-state index in [1.165, 1.54) is 22.5 Å². The Morgan fingerprint density at radius 3 is 2.57 bits per heavy atom. The average Bonchev–Trinajstić information content (AvgIpc) is 2.37. The van der Waals surface area contributed by atoms with Crippen LogP contribution in [-0.2, 0) is 10.0 Å². The highest BCUT2D eigenvalue weighted by Crippen LogP contribution is 2.31. The van der Waals surface area contributed by atoms with Gasteiger partial charge in [-0.3, -0.25) is 0 Å². The molecule has 0 amide bonds. The minimum Gasteiger partial charge on any atom is -0.478 e. The molecule has 1 N–H and O–H groups in total. The Balaban J connectivity index is 2.36. The third-order valence-electron chi connectivity index (χ3n) is 3.84. The predicted octanol–water partition coefficient (Wildman–Crippen LogP) is 2.96. The van der Waals surface area contributed by atoms with Gasteiger partial charge in [-0.15, -0.1) is 0 Å². The first-order valence-corrected chi connectivity index (χ1v) is 9.12. The number of aromatic carboxylic acids is 1. The molecule has 0 heterocycles. The van der Waals surface area contributed by atoms with Gasteiger partial charge in [-0.2, -0.15) is 4.31 Å². The van der Waals surface area contributed by atoms with Gasteiger partial charge in [0.05, 0.1) is 10.5 Å². The monoisotopic (exact) mass is 375 g/mol. The van der Waals surface area contributed by atoms with E-state index in [9.17, 15) is 13.2 Å². The maximum Gasteiger partial charge on any atom is 0.335 e. The first kappa shape index (κ1) is 16.5. The van der Waals surface area contributed by atoms with Crippen molar-refractivity contribution < 1.29 is 18.3 Å². The third kappa shape index (κ3) is 3.46. The molecular weight excluding hydrogens is 358 g/mol. The zero-order chi connectivity index (χ0) is 15.6. The highest BCUT2D eigenvalue weighted by molar-refractivity contribution is 9.10. The van der Waals surface area contributed by atoms with Crippen LogP contribution in [0, 0.1) is 5.92 Å². The van der Waals surface area contributed by atoms with Crippen LogP contribution in [0.1, 0.15) is 36.5 Å². The highest BCUT2D eigenvalue weighted by Gasteiger charge is 2.30. The molecular formula is C14H18BrNO4S. The van der Waals surface area contributed by atoms with Crippen molar-refractivity contribution in [2.45, 2.75) is 31.1 Å². The minimum atomic E-state index is -3.69. The van der Waals surface area contributed by atoms with Crippen LogP contribution >= 0.6 is 15.9 Å². The quantitative estimate of drug-likeness (QED) is 0.829. The molecule has 0 aromatic heterocycles. The van der Waals surface area contributed by atoms with Gasteiger partial charge in [0.2, 0.25) is 10.0 Å². The van der Waals surface area contributed by atoms with Crippen LogP contribution in [0.5, 0.6) is 0 Å². The molecule has 0 aliphatic heterocycles. The van der Waals surface area contributed by atoms with Crippen molar-refractivity contribution in [3.05, 3.63) is 28.2 Å². The second-order valence-corrected chi connectivity index (χ2v) is 7.96. The molecule has 1 saturated carbocycles. The highest BCUT2D eigenvalue weighted by atomic mass is 79.9. The largest absolute Gasteiger partial charge is 0.478 e. The Morgan fingerprint density at radius 2 is 2.10 bits per heavy atom. The second-order valence-electron chi connectivity index (χ2n) is 5.20. The van der Waals surface area contributed by atoms with Crippen LogP contribution in [0.2, 0.25) is 0 Å². The molecule has 5 nitrogen and oxygen atoms in total. The van der Waals surface area contributed by atoms with E-state index >= 15 is 0 Å². The van der Waals surface area contributed by atoms with Crippen molar-refractivity contribution in [3.8, 4) is 0 Å². The van der Waals surface area contributed by atoms with Crippen LogP contribution in [0.15, 0.2) is 27.6 Å². The number of hydrogen-bond donors (Lipinski definition) is 1. The lowest BCUT2D eigenvalue weighted by Gasteiger charge is -2.31. The molecule has 21 heavy (non-hydrogen) atoms. The van der Waals surface area contributed by atoms with Crippen molar-refractivity contribution in [2.24, 2.45) is 5.92 Å². The summed E-state index contributed by atoms with van der Waals surface area (Å²) in [4.78, 5) is 11.1. The summed E-state index contributed by atoms with van der Waals surface area (Å²) >= 11 is 3.21. The standard InChI is InChI=1S/C14H18BrNO4S/c1-2-16(9-10-4-3-5-10)21(19,20)13-8-11(14(17)18)6-7-12(13)15/h6-8,10H,2-5,9H2,1H3,(H,17,18). The van der Waals surface area contributed by atoms with Gasteiger partial charge in [0.1, 0.15) is 0 Å². The van der Waals surface area contributed by atoms with Crippen LogP contribution < -0.4 is 0 Å². The van der Waals surface area contributed by atoms with E-state index in [1.54, 1.807) is 6.92 Å². The third-order valence-corrected chi connectivity index (χ3v) is 6.77. The van der Waals surface area contributed by atoms with Gasteiger partial charge < -0.3 is 5.11 Å². The lowest BCUT2D eigenvalue weighted by Crippen LogP contribution is -2.37. The fraction of sp³-hybridized carbons (Fsp3) is 0.500. The molecule has 0 atom stereocenters. The number of carbonyl (C=O) groups is 1. The summed E-state index contributed by atoms with van der Waals surface area (Å²) in [6.07, 6.45) is 3.27. The lowest BCUT2D eigenvalue weighted by molar-refractivity contribution is 0.0696. The Labute approximate surface area is 133 Å². The van der Waals surface area contributed by atoms with Gasteiger partial charge in [0, 0.05) is 17.6 Å². The summed E-state index contributed by atoms with van der Waals surface area (Å²) in [5.74, 6) is -0.720. The summed E-state index contributed by atoms with van der Waals surface area (Å²) in [7, 11) is -3.69. The van der Waals surface area contributed by atoms with Gasteiger partial charge in [0.15, 0.2) is 0 Å². The van der Waals surface area contributed by atoms with E-state index < -0.39 is 16.0 Å². The Bertz CT molecular complexity index is 640. The van der Waals surface area contributed by atoms with E-state index in [1.807, 2.05) is 0 Å². The van der Waals surface area contributed by atoms with E-state index in [2.05, 4.69) is 15.9 Å². The minimum absolute atomic E-state index is 0.0172. The average molecular weight is 376 g/mol. The molecule has 0 bridgehead atoms. The van der Waals surface area contributed by atoms with Crippen LogP contribution in [0.4, 0.5) is 0 Å². The first-order valence-electron chi connectivity index (χ1n) is 6.89. The van der Waals surface area contributed by atoms with Crippen LogP contribution in [0.3, 0.4) is 0 Å². The van der Waals surface area contributed by atoms with E-state index in [-0.39, 0.29) is 10.5 Å². The Morgan fingerprint density at radius 1 is 1.43 bits per heavy atom. The zero-order valence-corrected chi connectivity index (χ0v) is 14.2. The van der Waals surface area contributed by atoms with Crippen LogP contribution in [0.25, 0.3) is 0 Å². The van der Waals surface area contributed by atoms with Crippen LogP contribution in [-0.4, -0.2) is 36.9 Å². The number of benzene rings is 1. The summed E-state index contributed by atoms with van der Waals surface area (Å²) in [6, 6.07) is 4.06. The molecule has 1 aliphatic carbocycles. The van der Waals surface area contributed by atoms with Gasteiger partial charge in [-0.05, 0) is 52.9 Å². The van der Waals surface area contributed by atoms with Crippen molar-refractivity contribution in [1.29, 1.82) is 0 Å². The van der Waals surface area contributed by atoms with Gasteiger partial charge in [0.25, 0.3) is 0 Å². The Kier molecular flexibility index (Phi) is 5.06. The first-order chi connectivity index (χ1) is 9.86.